The topological polar surface area (TPSA) is 109 Å². The van der Waals surface area contributed by atoms with Gasteiger partial charge in [0.15, 0.2) is 0 Å². The predicted octanol–water partition coefficient (Wildman–Crippen LogP) is 3.37. The number of carbonyl (C=O) groups is 4. The number of amides is 3. The van der Waals surface area contributed by atoms with E-state index in [-0.39, 0.29) is 38.1 Å². The number of esters is 1. The lowest BCUT2D eigenvalue weighted by molar-refractivity contribution is -0.159. The Hall–Kier alpha value is -3.34. The summed E-state index contributed by atoms with van der Waals surface area (Å²) in [6.07, 6.45) is 2.05. The SMILES string of the molecule is COC(=O)[C@@H]1CN(C(=O)OC(C)(C)C)CCN1C(=O)[C@H]1[C@@H](CCCN(C)C)CCCN1C(=O)OCc1ccccc1. The lowest BCUT2D eigenvalue weighted by Crippen LogP contribution is -2.65. The van der Waals surface area contributed by atoms with Gasteiger partial charge in [0.25, 0.3) is 0 Å². The molecule has 2 aliphatic heterocycles. The van der Waals surface area contributed by atoms with Gasteiger partial charge in [-0.2, -0.15) is 0 Å². The number of piperidine rings is 1. The average molecular weight is 575 g/mol. The maximum absolute atomic E-state index is 14.3. The van der Waals surface area contributed by atoms with Crippen molar-refractivity contribution in [3.05, 3.63) is 35.9 Å². The fourth-order valence-electron chi connectivity index (χ4n) is 5.44. The summed E-state index contributed by atoms with van der Waals surface area (Å²) in [5.41, 5.74) is 0.153. The van der Waals surface area contributed by atoms with Crippen molar-refractivity contribution in [2.24, 2.45) is 5.92 Å². The quantitative estimate of drug-likeness (QED) is 0.344. The van der Waals surface area contributed by atoms with Crippen LogP contribution in [0.1, 0.15) is 52.0 Å². The first-order chi connectivity index (χ1) is 19.4. The molecule has 0 unspecified atom stereocenters. The Labute approximate surface area is 243 Å². The molecule has 0 aromatic heterocycles. The van der Waals surface area contributed by atoms with Crippen LogP contribution in [0.3, 0.4) is 0 Å². The molecule has 11 nitrogen and oxygen atoms in total. The van der Waals surface area contributed by atoms with E-state index >= 15 is 0 Å². The van der Waals surface area contributed by atoms with E-state index in [9.17, 15) is 19.2 Å². The number of piperazine rings is 1. The highest BCUT2D eigenvalue weighted by atomic mass is 16.6. The fourth-order valence-corrected chi connectivity index (χ4v) is 5.44. The van der Waals surface area contributed by atoms with Crippen LogP contribution < -0.4 is 0 Å². The van der Waals surface area contributed by atoms with Gasteiger partial charge >= 0.3 is 18.2 Å². The minimum Gasteiger partial charge on any atom is -0.467 e. The molecule has 0 N–H and O–H groups in total. The van der Waals surface area contributed by atoms with Crippen LogP contribution >= 0.6 is 0 Å². The molecule has 0 spiro atoms. The number of ether oxygens (including phenoxy) is 3. The van der Waals surface area contributed by atoms with Crippen LogP contribution in [-0.4, -0.2) is 115 Å². The Morgan fingerprint density at radius 1 is 0.976 bits per heavy atom. The average Bonchev–Trinajstić information content (AvgIpc) is 2.94. The molecule has 3 rings (SSSR count). The number of benzene rings is 1. The predicted molar refractivity (Wildman–Crippen MR) is 153 cm³/mol. The first kappa shape index (κ1) is 32.2. The van der Waals surface area contributed by atoms with Crippen LogP contribution in [-0.2, 0) is 30.4 Å². The number of carbonyl (C=O) groups excluding carboxylic acids is 4. The van der Waals surface area contributed by atoms with Gasteiger partial charge in [-0.25, -0.2) is 14.4 Å². The fraction of sp³-hybridized carbons (Fsp3) is 0.667. The van der Waals surface area contributed by atoms with Crippen LogP contribution in [0.4, 0.5) is 9.59 Å². The number of rotatable bonds is 8. The van der Waals surface area contributed by atoms with Gasteiger partial charge in [0.05, 0.1) is 13.7 Å². The van der Waals surface area contributed by atoms with Crippen molar-refractivity contribution in [2.45, 2.75) is 70.7 Å². The molecule has 41 heavy (non-hydrogen) atoms. The summed E-state index contributed by atoms with van der Waals surface area (Å²) < 4.78 is 16.2. The van der Waals surface area contributed by atoms with Crippen molar-refractivity contribution in [3.8, 4) is 0 Å². The standard InChI is InChI=1S/C30H46N4O7/c1-30(2,3)41-28(37)32-18-19-33(24(20-32)27(36)39-6)26(35)25-23(14-10-16-31(4)5)15-11-17-34(25)29(38)40-21-22-12-8-7-9-13-22/h7-9,12-13,23-25H,10-11,14-21H2,1-6H3/t23-,24-,25+/m0/s1. The second-order valence-electron chi connectivity index (χ2n) is 12.0. The molecule has 2 heterocycles. The van der Waals surface area contributed by atoms with E-state index in [1.54, 1.807) is 20.8 Å². The molecule has 2 fully saturated rings. The van der Waals surface area contributed by atoms with Crippen LogP contribution in [0, 0.1) is 5.92 Å². The highest BCUT2D eigenvalue weighted by molar-refractivity contribution is 5.91. The molecular formula is C30H46N4O7. The second-order valence-corrected chi connectivity index (χ2v) is 12.0. The Balaban J connectivity index is 1.84. The maximum Gasteiger partial charge on any atom is 0.410 e. The van der Waals surface area contributed by atoms with Crippen LogP contribution in [0.2, 0.25) is 0 Å². The third-order valence-electron chi connectivity index (χ3n) is 7.42. The lowest BCUT2D eigenvalue weighted by Gasteiger charge is -2.45. The smallest absolute Gasteiger partial charge is 0.410 e. The van der Waals surface area contributed by atoms with E-state index in [1.807, 2.05) is 44.4 Å². The van der Waals surface area contributed by atoms with Crippen molar-refractivity contribution in [1.29, 1.82) is 0 Å². The zero-order valence-electron chi connectivity index (χ0n) is 25.3. The van der Waals surface area contributed by atoms with E-state index in [1.165, 1.54) is 21.8 Å². The molecule has 3 amide bonds. The highest BCUT2D eigenvalue weighted by Gasteiger charge is 2.46. The number of hydrogen-bond acceptors (Lipinski definition) is 8. The third kappa shape index (κ3) is 9.08. The Bertz CT molecular complexity index is 1040. The van der Waals surface area contributed by atoms with E-state index in [4.69, 9.17) is 14.2 Å². The first-order valence-corrected chi connectivity index (χ1v) is 14.4. The summed E-state index contributed by atoms with van der Waals surface area (Å²) in [4.78, 5) is 59.9. The third-order valence-corrected chi connectivity index (χ3v) is 7.42. The van der Waals surface area contributed by atoms with Gasteiger partial charge in [0.1, 0.15) is 24.3 Å². The van der Waals surface area contributed by atoms with Gasteiger partial charge in [-0.15, -0.1) is 0 Å². The van der Waals surface area contributed by atoms with Crippen LogP contribution in [0.15, 0.2) is 30.3 Å². The van der Waals surface area contributed by atoms with Crippen LogP contribution in [0.5, 0.6) is 0 Å². The van der Waals surface area contributed by atoms with Crippen LogP contribution in [0.25, 0.3) is 0 Å². The zero-order chi connectivity index (χ0) is 30.2. The lowest BCUT2D eigenvalue weighted by atomic mass is 9.84. The van der Waals surface area contributed by atoms with Gasteiger partial charge in [0, 0.05) is 19.6 Å². The molecule has 0 bridgehead atoms. The van der Waals surface area contributed by atoms with E-state index in [0.717, 1.165) is 37.8 Å². The van der Waals surface area contributed by atoms with Crippen molar-refractivity contribution < 1.29 is 33.4 Å². The zero-order valence-corrected chi connectivity index (χ0v) is 25.3. The number of likely N-dealkylation sites (tertiary alicyclic amines) is 1. The van der Waals surface area contributed by atoms with E-state index in [2.05, 4.69) is 4.90 Å². The molecule has 11 heteroatoms. The summed E-state index contributed by atoms with van der Waals surface area (Å²) in [5, 5.41) is 0. The molecule has 0 radical (unpaired) electrons. The van der Waals surface area contributed by atoms with E-state index < -0.39 is 35.8 Å². The molecular weight excluding hydrogens is 528 g/mol. The first-order valence-electron chi connectivity index (χ1n) is 14.4. The van der Waals surface area contributed by atoms with Crippen molar-refractivity contribution in [1.82, 2.24) is 19.6 Å². The second kappa shape index (κ2) is 14.5. The van der Waals surface area contributed by atoms with Crippen molar-refractivity contribution in [2.75, 3.05) is 53.9 Å². The largest absolute Gasteiger partial charge is 0.467 e. The molecule has 2 saturated heterocycles. The van der Waals surface area contributed by atoms with Gasteiger partial charge < -0.3 is 28.9 Å². The molecule has 0 saturated carbocycles. The summed E-state index contributed by atoms with van der Waals surface area (Å²) in [7, 11) is 5.26. The monoisotopic (exact) mass is 574 g/mol. The summed E-state index contributed by atoms with van der Waals surface area (Å²) >= 11 is 0. The molecule has 0 aliphatic carbocycles. The van der Waals surface area contributed by atoms with Gasteiger partial charge in [-0.3, -0.25) is 9.69 Å². The molecule has 2 aliphatic rings. The molecule has 1 aromatic rings. The minimum atomic E-state index is -1.01. The van der Waals surface area contributed by atoms with Gasteiger partial charge in [0.2, 0.25) is 5.91 Å². The highest BCUT2D eigenvalue weighted by Crippen LogP contribution is 2.31. The Morgan fingerprint density at radius 2 is 1.68 bits per heavy atom. The minimum absolute atomic E-state index is 0.0518. The number of hydrogen-bond donors (Lipinski definition) is 0. The summed E-state index contributed by atoms with van der Waals surface area (Å²) in [6, 6.07) is 7.60. The molecule has 3 atom stereocenters. The number of nitrogens with zero attached hydrogens (tertiary/aromatic N) is 4. The maximum atomic E-state index is 14.3. The summed E-state index contributed by atoms with van der Waals surface area (Å²) in [5.74, 6) is -1.04. The van der Waals surface area contributed by atoms with Gasteiger partial charge in [-0.05, 0) is 78.6 Å². The number of methoxy groups -OCH3 is 1. The van der Waals surface area contributed by atoms with E-state index in [0.29, 0.717) is 6.54 Å². The molecule has 228 valence electrons. The normalized spacial score (nSPS) is 21.4. The Morgan fingerprint density at radius 3 is 2.32 bits per heavy atom. The van der Waals surface area contributed by atoms with Crippen molar-refractivity contribution in [3.63, 3.8) is 0 Å². The van der Waals surface area contributed by atoms with Crippen molar-refractivity contribution >= 4 is 24.1 Å². The molecule has 1 aromatic carbocycles. The van der Waals surface area contributed by atoms with Gasteiger partial charge in [-0.1, -0.05) is 30.3 Å². The summed E-state index contributed by atoms with van der Waals surface area (Å²) in [6.45, 7) is 6.92. The Kier molecular flexibility index (Phi) is 11.4.